The van der Waals surface area contributed by atoms with Crippen molar-refractivity contribution in [1.82, 2.24) is 9.97 Å². The molecule has 5 heteroatoms. The van der Waals surface area contributed by atoms with E-state index in [1.807, 2.05) is 25.1 Å². The lowest BCUT2D eigenvalue weighted by molar-refractivity contribution is 1.11. The summed E-state index contributed by atoms with van der Waals surface area (Å²) in [6.45, 7) is 2.00. The molecular formula is C12H15N5. The number of nitrogens with two attached hydrogens (primary N) is 3. The van der Waals surface area contributed by atoms with Gasteiger partial charge >= 0.3 is 0 Å². The molecule has 2 aromatic heterocycles. The molecule has 0 aliphatic heterocycles. The minimum absolute atomic E-state index is 0.250. The quantitative estimate of drug-likeness (QED) is 0.723. The van der Waals surface area contributed by atoms with Crippen molar-refractivity contribution >= 4 is 17.3 Å². The van der Waals surface area contributed by atoms with Crippen LogP contribution in [0.5, 0.6) is 0 Å². The highest BCUT2D eigenvalue weighted by Crippen LogP contribution is 2.34. The molecule has 0 spiro atoms. The highest BCUT2D eigenvalue weighted by molar-refractivity contribution is 5.86. The topological polar surface area (TPSA) is 104 Å². The van der Waals surface area contributed by atoms with E-state index < -0.39 is 0 Å². The second-order valence-corrected chi connectivity index (χ2v) is 3.72. The summed E-state index contributed by atoms with van der Waals surface area (Å²) >= 11 is 0. The first-order valence-electron chi connectivity index (χ1n) is 5.39. The average Bonchev–Trinajstić information content (AvgIpc) is 2.34. The fourth-order valence-electron chi connectivity index (χ4n) is 1.84. The van der Waals surface area contributed by atoms with Gasteiger partial charge in [-0.1, -0.05) is 13.0 Å². The zero-order valence-corrected chi connectivity index (χ0v) is 9.64. The van der Waals surface area contributed by atoms with Crippen LogP contribution in [0.2, 0.25) is 0 Å². The molecule has 0 saturated heterocycles. The first-order valence-corrected chi connectivity index (χ1v) is 5.39. The Morgan fingerprint density at radius 1 is 1.12 bits per heavy atom. The summed E-state index contributed by atoms with van der Waals surface area (Å²) in [6.07, 6.45) is 2.44. The predicted octanol–water partition coefficient (Wildman–Crippen LogP) is 1.45. The fraction of sp³-hybridized carbons (Fsp3) is 0.167. The standard InChI is InChI=1S/C12H15N5/c1-2-7-9(8-5-3-4-6-16-8)10(13)12(15)17-11(7)14/h3-6H,2,13H2,1H3,(H4,14,15,17). The van der Waals surface area contributed by atoms with E-state index in [2.05, 4.69) is 9.97 Å². The summed E-state index contributed by atoms with van der Waals surface area (Å²) in [4.78, 5) is 8.31. The second kappa shape index (κ2) is 4.29. The van der Waals surface area contributed by atoms with Crippen LogP contribution in [0.25, 0.3) is 11.3 Å². The summed E-state index contributed by atoms with van der Waals surface area (Å²) in [6, 6.07) is 5.62. The van der Waals surface area contributed by atoms with Crippen LogP contribution in [-0.4, -0.2) is 9.97 Å². The molecule has 0 bridgehead atoms. The molecule has 0 unspecified atom stereocenters. The minimum atomic E-state index is 0.250. The number of nitrogen functional groups attached to an aromatic ring is 3. The van der Waals surface area contributed by atoms with E-state index in [1.54, 1.807) is 6.20 Å². The van der Waals surface area contributed by atoms with E-state index in [4.69, 9.17) is 17.2 Å². The summed E-state index contributed by atoms with van der Waals surface area (Å²) in [5.41, 5.74) is 20.5. The van der Waals surface area contributed by atoms with Crippen LogP contribution in [0.4, 0.5) is 17.3 Å². The van der Waals surface area contributed by atoms with Crippen LogP contribution in [0, 0.1) is 0 Å². The normalized spacial score (nSPS) is 10.4. The third-order valence-corrected chi connectivity index (χ3v) is 2.67. The molecule has 0 aliphatic rings. The predicted molar refractivity (Wildman–Crippen MR) is 70.1 cm³/mol. The zero-order chi connectivity index (χ0) is 12.4. The smallest absolute Gasteiger partial charge is 0.149 e. The van der Waals surface area contributed by atoms with Gasteiger partial charge in [0.05, 0.1) is 11.4 Å². The lowest BCUT2D eigenvalue weighted by Gasteiger charge is -2.14. The minimum Gasteiger partial charge on any atom is -0.395 e. The molecule has 0 saturated carbocycles. The Labute approximate surface area is 99.7 Å². The van der Waals surface area contributed by atoms with E-state index in [0.29, 0.717) is 11.5 Å². The van der Waals surface area contributed by atoms with Crippen molar-refractivity contribution in [3.8, 4) is 11.3 Å². The van der Waals surface area contributed by atoms with Crippen molar-refractivity contribution in [3.05, 3.63) is 30.0 Å². The van der Waals surface area contributed by atoms with Gasteiger partial charge in [0.1, 0.15) is 11.6 Å². The Morgan fingerprint density at radius 2 is 1.88 bits per heavy atom. The van der Waals surface area contributed by atoms with Gasteiger partial charge in [-0.3, -0.25) is 4.98 Å². The van der Waals surface area contributed by atoms with Gasteiger partial charge in [0.25, 0.3) is 0 Å². The van der Waals surface area contributed by atoms with Crippen molar-refractivity contribution < 1.29 is 0 Å². The molecule has 0 aromatic carbocycles. The maximum Gasteiger partial charge on any atom is 0.149 e. The molecule has 0 amide bonds. The summed E-state index contributed by atoms with van der Waals surface area (Å²) in [5, 5.41) is 0. The number of hydrogen-bond donors (Lipinski definition) is 3. The molecule has 2 aromatic rings. The van der Waals surface area contributed by atoms with Crippen molar-refractivity contribution in [2.24, 2.45) is 0 Å². The highest BCUT2D eigenvalue weighted by atomic mass is 14.9. The Balaban J connectivity index is 2.75. The third kappa shape index (κ3) is 1.87. The molecule has 17 heavy (non-hydrogen) atoms. The third-order valence-electron chi connectivity index (χ3n) is 2.67. The van der Waals surface area contributed by atoms with Crippen LogP contribution >= 0.6 is 0 Å². The lowest BCUT2D eigenvalue weighted by Crippen LogP contribution is -2.08. The molecule has 6 N–H and O–H groups in total. The number of nitrogens with zero attached hydrogens (tertiary/aromatic N) is 2. The summed E-state index contributed by atoms with van der Waals surface area (Å²) in [7, 11) is 0. The molecule has 0 radical (unpaired) electrons. The summed E-state index contributed by atoms with van der Waals surface area (Å²) in [5.74, 6) is 0.667. The summed E-state index contributed by atoms with van der Waals surface area (Å²) < 4.78 is 0. The van der Waals surface area contributed by atoms with Gasteiger partial charge < -0.3 is 17.2 Å². The van der Waals surface area contributed by atoms with Gasteiger partial charge in [0.2, 0.25) is 0 Å². The average molecular weight is 229 g/mol. The first kappa shape index (κ1) is 11.2. The van der Waals surface area contributed by atoms with Crippen molar-refractivity contribution in [2.75, 3.05) is 17.2 Å². The largest absolute Gasteiger partial charge is 0.395 e. The molecule has 0 aliphatic carbocycles. The van der Waals surface area contributed by atoms with Crippen LogP contribution < -0.4 is 17.2 Å². The Hall–Kier alpha value is -2.30. The van der Waals surface area contributed by atoms with Crippen molar-refractivity contribution in [2.45, 2.75) is 13.3 Å². The lowest BCUT2D eigenvalue weighted by atomic mass is 10.0. The Kier molecular flexibility index (Phi) is 2.82. The van der Waals surface area contributed by atoms with E-state index in [9.17, 15) is 0 Å². The van der Waals surface area contributed by atoms with Gasteiger partial charge in [0, 0.05) is 17.3 Å². The Morgan fingerprint density at radius 3 is 2.47 bits per heavy atom. The molecule has 2 heterocycles. The van der Waals surface area contributed by atoms with Gasteiger partial charge in [-0.25, -0.2) is 4.98 Å². The van der Waals surface area contributed by atoms with E-state index in [0.717, 1.165) is 23.2 Å². The van der Waals surface area contributed by atoms with E-state index in [1.165, 1.54) is 0 Å². The molecule has 88 valence electrons. The molecule has 0 atom stereocenters. The van der Waals surface area contributed by atoms with Gasteiger partial charge in [0.15, 0.2) is 0 Å². The van der Waals surface area contributed by atoms with Crippen LogP contribution in [-0.2, 0) is 6.42 Å². The first-order chi connectivity index (χ1) is 8.15. The highest BCUT2D eigenvalue weighted by Gasteiger charge is 2.15. The van der Waals surface area contributed by atoms with E-state index in [-0.39, 0.29) is 5.82 Å². The number of rotatable bonds is 2. The maximum atomic E-state index is 5.98. The molecular weight excluding hydrogens is 214 g/mol. The van der Waals surface area contributed by atoms with E-state index >= 15 is 0 Å². The number of hydrogen-bond acceptors (Lipinski definition) is 5. The Bertz CT molecular complexity index is 536. The van der Waals surface area contributed by atoms with Crippen molar-refractivity contribution in [1.29, 1.82) is 0 Å². The number of anilines is 3. The zero-order valence-electron chi connectivity index (χ0n) is 9.64. The SMILES string of the molecule is CCc1c(N)nc(N)c(N)c1-c1ccccn1. The number of pyridine rings is 2. The fourth-order valence-corrected chi connectivity index (χ4v) is 1.84. The molecule has 5 nitrogen and oxygen atoms in total. The maximum absolute atomic E-state index is 5.98. The molecule has 0 fully saturated rings. The monoisotopic (exact) mass is 229 g/mol. The van der Waals surface area contributed by atoms with Gasteiger partial charge in [-0.2, -0.15) is 0 Å². The second-order valence-electron chi connectivity index (χ2n) is 3.72. The van der Waals surface area contributed by atoms with Crippen LogP contribution in [0.3, 0.4) is 0 Å². The van der Waals surface area contributed by atoms with Gasteiger partial charge in [-0.15, -0.1) is 0 Å². The van der Waals surface area contributed by atoms with Crippen LogP contribution in [0.15, 0.2) is 24.4 Å². The van der Waals surface area contributed by atoms with Gasteiger partial charge in [-0.05, 0) is 18.6 Å². The number of aromatic nitrogens is 2. The molecule has 2 rings (SSSR count). The van der Waals surface area contributed by atoms with Crippen LogP contribution in [0.1, 0.15) is 12.5 Å². The van der Waals surface area contributed by atoms with Crippen molar-refractivity contribution in [3.63, 3.8) is 0 Å².